The summed E-state index contributed by atoms with van der Waals surface area (Å²) in [6, 6.07) is 4.64. The summed E-state index contributed by atoms with van der Waals surface area (Å²) in [6.07, 6.45) is 0.0439. The minimum absolute atomic E-state index is 0.0439. The van der Waals surface area contributed by atoms with E-state index in [1.54, 1.807) is 39.8 Å². The molecule has 0 aliphatic rings. The van der Waals surface area contributed by atoms with Crippen molar-refractivity contribution in [2.75, 3.05) is 7.11 Å². The van der Waals surface area contributed by atoms with Gasteiger partial charge in [-0.2, -0.15) is 0 Å². The number of hydrogen-bond donors (Lipinski definition) is 2. The molecule has 8 nitrogen and oxygen atoms in total. The predicted molar refractivity (Wildman–Crippen MR) is 111 cm³/mol. The molecule has 1 unspecified atom stereocenters. The van der Waals surface area contributed by atoms with Crippen LogP contribution in [0.5, 0.6) is 5.75 Å². The second-order valence-corrected chi connectivity index (χ2v) is 8.15. The van der Waals surface area contributed by atoms with Gasteiger partial charge in [0, 0.05) is 5.56 Å². The number of nitrogens with two attached hydrogens (primary N) is 1. The van der Waals surface area contributed by atoms with Crippen molar-refractivity contribution >= 4 is 17.7 Å². The monoisotopic (exact) mass is 407 g/mol. The topological polar surface area (TPSA) is 112 Å². The van der Waals surface area contributed by atoms with E-state index in [2.05, 4.69) is 10.5 Å². The Bertz CT molecular complexity index is 734. The van der Waals surface area contributed by atoms with Gasteiger partial charge < -0.3 is 25.4 Å². The van der Waals surface area contributed by atoms with Gasteiger partial charge in [0.15, 0.2) is 0 Å². The van der Waals surface area contributed by atoms with E-state index >= 15 is 0 Å². The number of methoxy groups -OCH3 is 1. The van der Waals surface area contributed by atoms with Crippen molar-refractivity contribution in [3.63, 3.8) is 0 Å². The maximum absolute atomic E-state index is 12.6. The molecule has 1 rings (SSSR count). The van der Waals surface area contributed by atoms with Crippen molar-refractivity contribution < 1.29 is 23.9 Å². The van der Waals surface area contributed by atoms with Crippen LogP contribution in [0.15, 0.2) is 23.4 Å². The Hall–Kier alpha value is -2.77. The minimum atomic E-state index is -0.735. The van der Waals surface area contributed by atoms with Crippen molar-refractivity contribution in [2.24, 2.45) is 16.8 Å². The zero-order valence-electron chi connectivity index (χ0n) is 18.4. The molecule has 29 heavy (non-hydrogen) atoms. The molecule has 0 aliphatic carbocycles. The van der Waals surface area contributed by atoms with Crippen molar-refractivity contribution in [1.82, 2.24) is 5.32 Å². The van der Waals surface area contributed by atoms with E-state index in [1.807, 2.05) is 19.9 Å². The Balaban J connectivity index is 2.89. The van der Waals surface area contributed by atoms with Crippen LogP contribution in [0.1, 0.15) is 52.7 Å². The summed E-state index contributed by atoms with van der Waals surface area (Å²) in [5.41, 5.74) is 6.30. The van der Waals surface area contributed by atoms with Crippen LogP contribution >= 0.6 is 0 Å². The number of ether oxygens (including phenoxy) is 2. The van der Waals surface area contributed by atoms with E-state index in [1.165, 1.54) is 7.11 Å². The molecule has 0 bridgehead atoms. The Morgan fingerprint density at radius 1 is 1.24 bits per heavy atom. The van der Waals surface area contributed by atoms with Gasteiger partial charge in [-0.15, -0.1) is 0 Å². The van der Waals surface area contributed by atoms with Crippen LogP contribution in [-0.4, -0.2) is 36.5 Å². The number of amides is 1. The molecule has 0 fully saturated rings. The Morgan fingerprint density at radius 3 is 2.41 bits per heavy atom. The summed E-state index contributed by atoms with van der Waals surface area (Å²) in [6.45, 7) is 10.9. The molecule has 162 valence electrons. The minimum Gasteiger partial charge on any atom is -0.496 e. The van der Waals surface area contributed by atoms with Gasteiger partial charge in [0.25, 0.3) is 0 Å². The summed E-state index contributed by atoms with van der Waals surface area (Å²) in [5.74, 6) is 0.0141. The van der Waals surface area contributed by atoms with Gasteiger partial charge in [-0.3, -0.25) is 4.79 Å². The number of carbonyl (C=O) groups is 2. The van der Waals surface area contributed by atoms with Crippen LogP contribution in [0.4, 0.5) is 0 Å². The number of carbonyl (C=O) groups excluding carboxylic acids is 2. The third-order valence-electron chi connectivity index (χ3n) is 3.78. The molecular formula is C21H33N3O5. The molecule has 0 saturated heterocycles. The molecule has 0 spiro atoms. The summed E-state index contributed by atoms with van der Waals surface area (Å²) in [5, 5.41) is 6.47. The van der Waals surface area contributed by atoms with Crippen LogP contribution in [0.25, 0.3) is 0 Å². The van der Waals surface area contributed by atoms with Crippen LogP contribution in [0, 0.1) is 5.92 Å². The van der Waals surface area contributed by atoms with Gasteiger partial charge in [0.2, 0.25) is 5.91 Å². The normalized spacial score (nSPS) is 13.0. The molecule has 0 heterocycles. The third-order valence-corrected chi connectivity index (χ3v) is 3.78. The second kappa shape index (κ2) is 10.7. The fourth-order valence-corrected chi connectivity index (χ4v) is 2.53. The Morgan fingerprint density at radius 2 is 1.90 bits per heavy atom. The largest absolute Gasteiger partial charge is 0.496 e. The first kappa shape index (κ1) is 24.3. The first-order valence-corrected chi connectivity index (χ1v) is 9.53. The summed E-state index contributed by atoms with van der Waals surface area (Å²) in [4.78, 5) is 30.2. The van der Waals surface area contributed by atoms with E-state index in [9.17, 15) is 9.59 Å². The number of oxime groups is 1. The van der Waals surface area contributed by atoms with E-state index in [0.717, 1.165) is 5.56 Å². The summed E-state index contributed by atoms with van der Waals surface area (Å²) in [7, 11) is 1.53. The number of nitrogens with zero attached hydrogens (tertiary/aromatic N) is 1. The van der Waals surface area contributed by atoms with Gasteiger partial charge >= 0.3 is 5.97 Å². The van der Waals surface area contributed by atoms with Crippen molar-refractivity contribution in [3.8, 4) is 5.75 Å². The van der Waals surface area contributed by atoms with E-state index in [4.69, 9.17) is 20.0 Å². The molecule has 1 aromatic rings. The molecule has 0 saturated carbocycles. The maximum Gasteiger partial charge on any atom is 0.329 e. The highest BCUT2D eigenvalue weighted by atomic mass is 16.6. The fraction of sp³-hybridized carbons (Fsp3) is 0.571. The SMILES string of the molecule is COc1ccc(CO/N=C(/C)N)cc1CC(=O)NC(C(=O)OC(C)(C)C)C(C)C. The zero-order valence-corrected chi connectivity index (χ0v) is 18.4. The highest BCUT2D eigenvalue weighted by molar-refractivity contribution is 5.86. The molecular weight excluding hydrogens is 374 g/mol. The molecule has 1 atom stereocenters. The van der Waals surface area contributed by atoms with Gasteiger partial charge in [0.05, 0.1) is 13.5 Å². The highest BCUT2D eigenvalue weighted by Crippen LogP contribution is 2.21. The average Bonchev–Trinajstić information content (AvgIpc) is 2.57. The second-order valence-electron chi connectivity index (χ2n) is 8.15. The van der Waals surface area contributed by atoms with Crippen molar-refractivity contribution in [3.05, 3.63) is 29.3 Å². The van der Waals surface area contributed by atoms with E-state index in [0.29, 0.717) is 17.1 Å². The van der Waals surface area contributed by atoms with Crippen molar-refractivity contribution in [1.29, 1.82) is 0 Å². The lowest BCUT2D eigenvalue weighted by molar-refractivity contribution is -0.159. The Labute approximate surface area is 172 Å². The number of rotatable bonds is 9. The van der Waals surface area contributed by atoms with Crippen LogP contribution in [0.3, 0.4) is 0 Å². The molecule has 0 aliphatic heterocycles. The lowest BCUT2D eigenvalue weighted by atomic mass is 10.0. The lowest BCUT2D eigenvalue weighted by Gasteiger charge is -2.26. The number of benzene rings is 1. The van der Waals surface area contributed by atoms with E-state index in [-0.39, 0.29) is 24.9 Å². The standard InChI is InChI=1S/C21H33N3O5/c1-13(2)19(20(26)29-21(4,5)6)23-18(25)11-16-10-15(8-9-17(16)27-7)12-28-24-14(3)22/h8-10,13,19H,11-12H2,1-7H3,(H2,22,24)(H,23,25). The molecule has 1 aromatic carbocycles. The average molecular weight is 408 g/mol. The number of amidine groups is 1. The predicted octanol–water partition coefficient (Wildman–Crippen LogP) is 2.53. The van der Waals surface area contributed by atoms with Crippen LogP contribution in [-0.2, 0) is 32.2 Å². The fourth-order valence-electron chi connectivity index (χ4n) is 2.53. The molecule has 0 aromatic heterocycles. The third kappa shape index (κ3) is 8.85. The number of esters is 1. The summed E-state index contributed by atoms with van der Waals surface area (Å²) >= 11 is 0. The zero-order chi connectivity index (χ0) is 22.2. The smallest absolute Gasteiger partial charge is 0.329 e. The quantitative estimate of drug-likeness (QED) is 0.282. The summed E-state index contributed by atoms with van der Waals surface area (Å²) < 4.78 is 10.8. The number of nitrogens with one attached hydrogen (secondary N) is 1. The van der Waals surface area contributed by atoms with Gasteiger partial charge in [-0.05, 0) is 51.3 Å². The lowest BCUT2D eigenvalue weighted by Crippen LogP contribution is -2.47. The maximum atomic E-state index is 12.6. The molecule has 8 heteroatoms. The first-order chi connectivity index (χ1) is 13.4. The van der Waals surface area contributed by atoms with Gasteiger partial charge in [-0.1, -0.05) is 25.1 Å². The van der Waals surface area contributed by atoms with E-state index < -0.39 is 17.6 Å². The molecule has 0 radical (unpaired) electrons. The van der Waals surface area contributed by atoms with Gasteiger partial charge in [-0.25, -0.2) is 4.79 Å². The van der Waals surface area contributed by atoms with Gasteiger partial charge in [0.1, 0.15) is 29.8 Å². The highest BCUT2D eigenvalue weighted by Gasteiger charge is 2.29. The molecule has 1 amide bonds. The Kier molecular flexibility index (Phi) is 8.94. The van der Waals surface area contributed by atoms with Crippen LogP contribution < -0.4 is 15.8 Å². The molecule has 3 N–H and O–H groups in total. The first-order valence-electron chi connectivity index (χ1n) is 9.53. The number of hydrogen-bond acceptors (Lipinski definition) is 6. The van der Waals surface area contributed by atoms with Crippen LogP contribution in [0.2, 0.25) is 0 Å². The van der Waals surface area contributed by atoms with Crippen molar-refractivity contribution in [2.45, 2.75) is 66.2 Å².